The van der Waals surface area contributed by atoms with E-state index in [1.807, 2.05) is 13.8 Å². The summed E-state index contributed by atoms with van der Waals surface area (Å²) in [5.41, 5.74) is 0.439. The van der Waals surface area contributed by atoms with Crippen molar-refractivity contribution >= 4 is 30.4 Å². The first-order chi connectivity index (χ1) is 14.7. The number of rotatable bonds is 15. The van der Waals surface area contributed by atoms with E-state index in [2.05, 4.69) is 33.4 Å². The van der Waals surface area contributed by atoms with Gasteiger partial charge in [0, 0.05) is 0 Å². The predicted octanol–water partition coefficient (Wildman–Crippen LogP) is 6.92. The molecule has 1 fully saturated rings. The van der Waals surface area contributed by atoms with E-state index >= 15 is 0 Å². The molecule has 0 aromatic rings. The molecule has 0 aromatic carbocycles. The second kappa shape index (κ2) is 14.2. The van der Waals surface area contributed by atoms with Crippen molar-refractivity contribution in [1.29, 1.82) is 5.26 Å². The normalized spacial score (nSPS) is 17.5. The molecule has 0 aromatic heterocycles. The average molecular weight is 539 g/mol. The molecule has 1 heterocycles. The van der Waals surface area contributed by atoms with Gasteiger partial charge in [-0.1, -0.05) is 0 Å². The summed E-state index contributed by atoms with van der Waals surface area (Å²) < 4.78 is 10.1. The third kappa shape index (κ3) is 8.44. The number of nitriles is 1. The zero-order valence-corrected chi connectivity index (χ0v) is 23.4. The molecular weight excluding hydrogens is 495 g/mol. The van der Waals surface area contributed by atoms with Gasteiger partial charge >= 0.3 is 195 Å². The van der Waals surface area contributed by atoms with Gasteiger partial charge in [0.15, 0.2) is 0 Å². The topological polar surface area (TPSA) is 70.4 Å². The molecule has 0 spiro atoms. The van der Waals surface area contributed by atoms with Gasteiger partial charge in [0.05, 0.1) is 0 Å². The summed E-state index contributed by atoms with van der Waals surface area (Å²) in [4.78, 5) is 27.6. The second-order valence-corrected chi connectivity index (χ2v) is 23.7. The van der Waals surface area contributed by atoms with Crippen molar-refractivity contribution in [1.82, 2.24) is 4.90 Å². The third-order valence-corrected chi connectivity index (χ3v) is 22.8. The molecule has 6 heteroatoms. The fraction of sp³-hybridized carbons (Fsp3) is 0.800. The Bertz CT molecular complexity index is 619. The molecule has 1 aliphatic heterocycles. The number of nitrogens with zero attached hydrogens (tertiary/aromatic N) is 2. The van der Waals surface area contributed by atoms with E-state index in [1.54, 1.807) is 0 Å². The minimum atomic E-state index is -2.66. The van der Waals surface area contributed by atoms with Gasteiger partial charge in [-0.3, -0.25) is 0 Å². The van der Waals surface area contributed by atoms with Crippen molar-refractivity contribution in [2.24, 2.45) is 11.8 Å². The first kappa shape index (κ1) is 28.0. The Kier molecular flexibility index (Phi) is 12.8. The Hall–Kier alpha value is -1.03. The van der Waals surface area contributed by atoms with Gasteiger partial charge < -0.3 is 0 Å². The number of hydrogen-bond acceptors (Lipinski definition) is 4. The molecule has 0 radical (unpaired) electrons. The number of carbonyl (C=O) groups is 2. The first-order valence-electron chi connectivity index (χ1n) is 12.3. The summed E-state index contributed by atoms with van der Waals surface area (Å²) in [5, 5.41) is 9.40. The standard InChI is InChI=1S/C13H17N2O3.3C4H9.Sn/c1-8(2)11-7-18-13(17)15(11)12(16)10(4)5-9(3)6-14;3*1-3-4-2;/h8,10-11H,3-5,7H2,1-2H3;3*1,3-4H2,2H3;/t10?,11-;;;;/m1..../s1. The molecule has 0 bridgehead atoms. The molecular formula is C25H44N2O3Sn. The molecule has 0 saturated carbocycles. The number of carbonyl (C=O) groups excluding carboxylic acids is 2. The molecule has 2 atom stereocenters. The number of allylic oxidation sites excluding steroid dienone is 1. The number of cyclic esters (lactones) is 1. The van der Waals surface area contributed by atoms with E-state index in [9.17, 15) is 14.9 Å². The van der Waals surface area contributed by atoms with E-state index in [0.29, 0.717) is 12.0 Å². The maximum absolute atomic E-state index is 13.7. The monoisotopic (exact) mass is 540 g/mol. The Balaban J connectivity index is 3.27. The van der Waals surface area contributed by atoms with Crippen LogP contribution in [0.4, 0.5) is 4.79 Å². The van der Waals surface area contributed by atoms with Gasteiger partial charge in [-0.25, -0.2) is 0 Å². The van der Waals surface area contributed by atoms with Crippen LogP contribution in [0.25, 0.3) is 0 Å². The summed E-state index contributed by atoms with van der Waals surface area (Å²) in [6.45, 7) is 14.9. The van der Waals surface area contributed by atoms with Crippen LogP contribution in [0.5, 0.6) is 0 Å². The summed E-state index contributed by atoms with van der Waals surface area (Å²) in [6, 6.07) is 1.93. The summed E-state index contributed by atoms with van der Waals surface area (Å²) in [7, 11) is 0. The third-order valence-electron chi connectivity index (χ3n) is 6.77. The van der Waals surface area contributed by atoms with E-state index in [1.165, 1.54) is 56.7 Å². The molecule has 0 aliphatic carbocycles. The summed E-state index contributed by atoms with van der Waals surface area (Å²) >= 11 is -2.66. The summed E-state index contributed by atoms with van der Waals surface area (Å²) in [6.07, 6.45) is 7.05. The molecule has 5 nitrogen and oxygen atoms in total. The Labute approximate surface area is 194 Å². The van der Waals surface area contributed by atoms with Gasteiger partial charge in [-0.05, 0) is 0 Å². The molecule has 31 heavy (non-hydrogen) atoms. The fourth-order valence-electron chi connectivity index (χ4n) is 4.83. The van der Waals surface area contributed by atoms with Crippen molar-refractivity contribution in [3.05, 3.63) is 12.2 Å². The zero-order chi connectivity index (χ0) is 23.4. The quantitative estimate of drug-likeness (QED) is 0.167. The van der Waals surface area contributed by atoms with Crippen molar-refractivity contribution in [2.45, 2.75) is 103 Å². The Morgan fingerprint density at radius 2 is 1.68 bits per heavy atom. The van der Waals surface area contributed by atoms with Crippen LogP contribution in [-0.4, -0.2) is 47.9 Å². The predicted molar refractivity (Wildman–Crippen MR) is 129 cm³/mol. The van der Waals surface area contributed by atoms with Crippen LogP contribution in [-0.2, 0) is 9.53 Å². The van der Waals surface area contributed by atoms with Crippen LogP contribution >= 0.6 is 0 Å². The average Bonchev–Trinajstić information content (AvgIpc) is 3.15. The summed E-state index contributed by atoms with van der Waals surface area (Å²) in [5.74, 6) is -0.313. The molecule has 176 valence electrons. The van der Waals surface area contributed by atoms with Gasteiger partial charge in [0.2, 0.25) is 0 Å². The molecule has 2 amide bonds. The van der Waals surface area contributed by atoms with Crippen molar-refractivity contribution in [3.63, 3.8) is 0 Å². The van der Waals surface area contributed by atoms with Gasteiger partial charge in [-0.2, -0.15) is 0 Å². The second-order valence-electron chi connectivity index (χ2n) is 9.73. The number of hydrogen-bond donors (Lipinski definition) is 0. The number of ether oxygens (including phenoxy) is 1. The van der Waals surface area contributed by atoms with Crippen LogP contribution in [0, 0.1) is 23.2 Å². The molecule has 1 rings (SSSR count). The van der Waals surface area contributed by atoms with Crippen molar-refractivity contribution in [2.75, 3.05) is 6.61 Å². The van der Waals surface area contributed by atoms with Crippen LogP contribution in [0.15, 0.2) is 12.2 Å². The molecule has 1 saturated heterocycles. The van der Waals surface area contributed by atoms with E-state index < -0.39 is 24.5 Å². The van der Waals surface area contributed by atoms with E-state index in [-0.39, 0.29) is 30.4 Å². The van der Waals surface area contributed by atoms with Crippen molar-refractivity contribution < 1.29 is 14.3 Å². The van der Waals surface area contributed by atoms with E-state index in [0.717, 1.165) is 4.44 Å². The fourth-order valence-corrected chi connectivity index (χ4v) is 22.1. The Morgan fingerprint density at radius 1 is 1.16 bits per heavy atom. The van der Waals surface area contributed by atoms with Crippen molar-refractivity contribution in [3.8, 4) is 6.07 Å². The molecule has 0 N–H and O–H groups in total. The van der Waals surface area contributed by atoms with Gasteiger partial charge in [-0.15, -0.1) is 0 Å². The van der Waals surface area contributed by atoms with Gasteiger partial charge in [0.25, 0.3) is 0 Å². The molecule has 1 aliphatic rings. The minimum absolute atomic E-state index is 0.136. The molecule has 1 unspecified atom stereocenters. The van der Waals surface area contributed by atoms with Gasteiger partial charge in [0.1, 0.15) is 0 Å². The van der Waals surface area contributed by atoms with E-state index in [4.69, 9.17) is 4.74 Å². The van der Waals surface area contributed by atoms with Crippen LogP contribution in [0.1, 0.15) is 79.6 Å². The first-order valence-corrected chi connectivity index (χ1v) is 20.4. The SMILES string of the molecule is C=C(C#N)CC([CH2][Sn]([CH2]CCC)([CH2]CCC)[CH2]CCC)C(=O)N1C(=O)OC[C@@H]1C(C)C. The van der Waals surface area contributed by atoms with Crippen LogP contribution in [0.2, 0.25) is 17.7 Å². The van der Waals surface area contributed by atoms with Crippen LogP contribution < -0.4 is 0 Å². The number of amides is 2. The van der Waals surface area contributed by atoms with Crippen LogP contribution in [0.3, 0.4) is 0 Å². The maximum atomic E-state index is 13.7. The zero-order valence-electron chi connectivity index (χ0n) is 20.5. The Morgan fingerprint density at radius 3 is 2.10 bits per heavy atom. The number of imide groups is 1. The number of unbranched alkanes of at least 4 members (excludes halogenated alkanes) is 3.